The largest absolute Gasteiger partial charge is 0.494 e. The molecule has 5 nitrogen and oxygen atoms in total. The van der Waals surface area contributed by atoms with Crippen molar-refractivity contribution in [1.29, 1.82) is 0 Å². The van der Waals surface area contributed by atoms with Gasteiger partial charge in [0.25, 0.3) is 0 Å². The molecule has 2 aromatic rings. The van der Waals surface area contributed by atoms with Gasteiger partial charge in [0.05, 0.1) is 13.2 Å². The summed E-state index contributed by atoms with van der Waals surface area (Å²) in [7, 11) is 1.94. The summed E-state index contributed by atoms with van der Waals surface area (Å²) < 4.78 is 17.2. The Balaban J connectivity index is 1.53. The summed E-state index contributed by atoms with van der Waals surface area (Å²) in [6, 6.07) is 15.4. The van der Waals surface area contributed by atoms with Crippen LogP contribution < -0.4 is 19.5 Å². The van der Waals surface area contributed by atoms with Crippen molar-refractivity contribution in [3.63, 3.8) is 0 Å². The predicted molar refractivity (Wildman–Crippen MR) is 103 cm³/mol. The second kappa shape index (κ2) is 8.07. The number of nitrogens with zero attached hydrogens (tertiary/aromatic N) is 1. The second-order valence-electron chi connectivity index (χ2n) is 5.77. The van der Waals surface area contributed by atoms with Crippen LogP contribution in [0, 0.1) is 0 Å². The first-order chi connectivity index (χ1) is 12.2. The summed E-state index contributed by atoms with van der Waals surface area (Å²) in [5.41, 5.74) is 0.923. The zero-order valence-corrected chi connectivity index (χ0v) is 15.2. The Morgan fingerprint density at radius 1 is 1.20 bits per heavy atom. The first-order valence-corrected chi connectivity index (χ1v) is 8.70. The molecule has 1 aliphatic heterocycles. The number of fused-ring (bicyclic) bond motifs is 1. The first-order valence-electron chi connectivity index (χ1n) is 8.29. The third kappa shape index (κ3) is 4.54. The lowest BCUT2D eigenvalue weighted by molar-refractivity contribution is 0.0784. The molecule has 0 fully saturated rings. The molecule has 25 heavy (non-hydrogen) atoms. The summed E-state index contributed by atoms with van der Waals surface area (Å²) in [6.45, 7) is 3.76. The molecule has 0 aromatic heterocycles. The normalized spacial score (nSPS) is 15.4. The number of hydrogen-bond acceptors (Lipinski definition) is 4. The number of benzene rings is 2. The van der Waals surface area contributed by atoms with Crippen LogP contribution >= 0.6 is 12.2 Å². The third-order valence-corrected chi connectivity index (χ3v) is 4.22. The molecule has 0 saturated carbocycles. The summed E-state index contributed by atoms with van der Waals surface area (Å²) in [5.74, 6) is 2.41. The molecule has 2 aromatic carbocycles. The van der Waals surface area contributed by atoms with Crippen LogP contribution in [0.5, 0.6) is 17.2 Å². The number of thiocarbonyl (C=S) groups is 1. The molecule has 0 aliphatic carbocycles. The fourth-order valence-corrected chi connectivity index (χ4v) is 2.75. The second-order valence-corrected chi connectivity index (χ2v) is 6.15. The van der Waals surface area contributed by atoms with E-state index in [-0.39, 0.29) is 6.10 Å². The van der Waals surface area contributed by atoms with Gasteiger partial charge in [-0.2, -0.15) is 0 Å². The molecule has 6 heteroatoms. The summed E-state index contributed by atoms with van der Waals surface area (Å²) in [4.78, 5) is 1.95. The average molecular weight is 358 g/mol. The van der Waals surface area contributed by atoms with Crippen LogP contribution in [-0.2, 0) is 0 Å². The van der Waals surface area contributed by atoms with E-state index in [4.69, 9.17) is 26.4 Å². The fraction of sp³-hybridized carbons (Fsp3) is 0.316. The minimum atomic E-state index is -0.0695. The summed E-state index contributed by atoms with van der Waals surface area (Å²) >= 11 is 5.48. The molecule has 0 bridgehead atoms. The minimum Gasteiger partial charge on any atom is -0.494 e. The maximum atomic E-state index is 5.97. The Bertz CT molecular complexity index is 721. The quantitative estimate of drug-likeness (QED) is 0.825. The summed E-state index contributed by atoms with van der Waals surface area (Å²) in [6.07, 6.45) is -0.0695. The van der Waals surface area contributed by atoms with Crippen LogP contribution in [-0.4, -0.2) is 42.9 Å². The zero-order chi connectivity index (χ0) is 17.6. The third-order valence-electron chi connectivity index (χ3n) is 3.81. The summed E-state index contributed by atoms with van der Waals surface area (Å²) in [5, 5.41) is 3.86. The molecule has 3 rings (SSSR count). The number of para-hydroxylation sites is 2. The first kappa shape index (κ1) is 17.4. The van der Waals surface area contributed by atoms with Crippen LogP contribution in [0.4, 0.5) is 5.69 Å². The van der Waals surface area contributed by atoms with E-state index >= 15 is 0 Å². The van der Waals surface area contributed by atoms with Gasteiger partial charge < -0.3 is 24.4 Å². The molecule has 0 amide bonds. The van der Waals surface area contributed by atoms with Gasteiger partial charge >= 0.3 is 0 Å². The van der Waals surface area contributed by atoms with Gasteiger partial charge in [0.1, 0.15) is 12.4 Å². The number of likely N-dealkylation sites (N-methyl/N-ethyl adjacent to an activating group) is 1. The van der Waals surface area contributed by atoms with Gasteiger partial charge in [-0.05, 0) is 55.5 Å². The highest BCUT2D eigenvalue weighted by Gasteiger charge is 2.22. The topological polar surface area (TPSA) is 43.0 Å². The Kier molecular flexibility index (Phi) is 5.60. The molecule has 1 atom stereocenters. The number of hydrogen-bond donors (Lipinski definition) is 1. The molecule has 1 aliphatic rings. The van der Waals surface area contributed by atoms with Gasteiger partial charge in [0, 0.05) is 12.7 Å². The van der Waals surface area contributed by atoms with E-state index in [9.17, 15) is 0 Å². The van der Waals surface area contributed by atoms with Crippen LogP contribution in [0.25, 0.3) is 0 Å². The van der Waals surface area contributed by atoms with Crippen molar-refractivity contribution in [1.82, 2.24) is 4.90 Å². The van der Waals surface area contributed by atoms with Crippen LogP contribution in [0.2, 0.25) is 0 Å². The highest BCUT2D eigenvalue weighted by molar-refractivity contribution is 7.80. The minimum absolute atomic E-state index is 0.0695. The molecule has 0 spiro atoms. The molecular weight excluding hydrogens is 336 g/mol. The van der Waals surface area contributed by atoms with Crippen LogP contribution in [0.1, 0.15) is 6.92 Å². The van der Waals surface area contributed by atoms with Crippen LogP contribution in [0.3, 0.4) is 0 Å². The van der Waals surface area contributed by atoms with Gasteiger partial charge in [-0.15, -0.1) is 0 Å². The molecule has 1 N–H and O–H groups in total. The average Bonchev–Trinajstić information content (AvgIpc) is 2.63. The molecule has 0 saturated heterocycles. The number of rotatable bonds is 5. The number of nitrogens with one attached hydrogen (secondary N) is 1. The monoisotopic (exact) mass is 358 g/mol. The van der Waals surface area contributed by atoms with E-state index in [0.29, 0.717) is 24.9 Å². The van der Waals surface area contributed by atoms with E-state index in [1.165, 1.54) is 0 Å². The van der Waals surface area contributed by atoms with Crippen molar-refractivity contribution < 1.29 is 14.2 Å². The lowest BCUT2D eigenvalue weighted by Crippen LogP contribution is -2.43. The van der Waals surface area contributed by atoms with Gasteiger partial charge in [0.15, 0.2) is 22.7 Å². The van der Waals surface area contributed by atoms with Gasteiger partial charge in [-0.1, -0.05) is 12.1 Å². The van der Waals surface area contributed by atoms with Gasteiger partial charge in [-0.25, -0.2) is 0 Å². The Morgan fingerprint density at radius 2 is 1.92 bits per heavy atom. The van der Waals surface area contributed by atoms with Crippen molar-refractivity contribution in [2.75, 3.05) is 32.1 Å². The van der Waals surface area contributed by atoms with E-state index < -0.39 is 0 Å². The van der Waals surface area contributed by atoms with Gasteiger partial charge in [-0.3, -0.25) is 0 Å². The zero-order valence-electron chi connectivity index (χ0n) is 14.4. The number of anilines is 1. The molecule has 1 heterocycles. The van der Waals surface area contributed by atoms with Crippen LogP contribution in [0.15, 0.2) is 48.5 Å². The van der Waals surface area contributed by atoms with Gasteiger partial charge in [0.2, 0.25) is 0 Å². The SMILES string of the molecule is CCOc1ccc(NC(=S)N(C)C[C@H]2COc3ccccc3O2)cc1. The molecule has 132 valence electrons. The number of ether oxygens (including phenoxy) is 3. The van der Waals surface area contributed by atoms with Crippen molar-refractivity contribution >= 4 is 23.0 Å². The van der Waals surface area contributed by atoms with E-state index in [0.717, 1.165) is 22.9 Å². The smallest absolute Gasteiger partial charge is 0.173 e. The highest BCUT2D eigenvalue weighted by Crippen LogP contribution is 2.31. The van der Waals surface area contributed by atoms with Crippen molar-refractivity contribution in [2.45, 2.75) is 13.0 Å². The standard InChI is InChI=1S/C19H22N2O3S/c1-3-22-15-10-8-14(9-11-15)20-19(25)21(2)12-16-13-23-17-6-4-5-7-18(17)24-16/h4-11,16H,3,12-13H2,1-2H3,(H,20,25)/t16-/m0/s1. The van der Waals surface area contributed by atoms with E-state index in [1.54, 1.807) is 0 Å². The molecule has 0 radical (unpaired) electrons. The Labute approximate surface area is 153 Å². The lowest BCUT2D eigenvalue weighted by Gasteiger charge is -2.30. The molecular formula is C19H22N2O3S. The fourth-order valence-electron chi connectivity index (χ4n) is 2.56. The maximum Gasteiger partial charge on any atom is 0.173 e. The Hall–Kier alpha value is -2.47. The van der Waals surface area contributed by atoms with Crippen molar-refractivity contribution in [3.05, 3.63) is 48.5 Å². The highest BCUT2D eigenvalue weighted by atomic mass is 32.1. The van der Waals surface area contributed by atoms with E-state index in [1.807, 2.05) is 67.4 Å². The predicted octanol–water partition coefficient (Wildman–Crippen LogP) is 3.55. The van der Waals surface area contributed by atoms with Crippen molar-refractivity contribution in [3.8, 4) is 17.2 Å². The Morgan fingerprint density at radius 3 is 2.64 bits per heavy atom. The van der Waals surface area contributed by atoms with Crippen molar-refractivity contribution in [2.24, 2.45) is 0 Å². The molecule has 0 unspecified atom stereocenters. The lowest BCUT2D eigenvalue weighted by atomic mass is 10.2. The maximum absolute atomic E-state index is 5.97. The van der Waals surface area contributed by atoms with E-state index in [2.05, 4.69) is 5.32 Å².